The summed E-state index contributed by atoms with van der Waals surface area (Å²) < 4.78 is 18.2. The molecule has 0 bridgehead atoms. The Morgan fingerprint density at radius 1 is 0.964 bits per heavy atom. The highest BCUT2D eigenvalue weighted by Gasteiger charge is 2.27. The average molecular weight is 402 g/mol. The van der Waals surface area contributed by atoms with Gasteiger partial charge < -0.3 is 14.5 Å². The van der Waals surface area contributed by atoms with E-state index in [1.165, 1.54) is 36.0 Å². The van der Waals surface area contributed by atoms with Crippen LogP contribution in [-0.4, -0.2) is 60.2 Å². The zero-order valence-electron chi connectivity index (χ0n) is 15.9. The molecule has 1 saturated heterocycles. The first kappa shape index (κ1) is 20.2. The fourth-order valence-corrected chi connectivity index (χ4v) is 4.02. The maximum Gasteiger partial charge on any atom is 0.253 e. The van der Waals surface area contributed by atoms with Gasteiger partial charge in [0.1, 0.15) is 11.6 Å². The molecule has 0 aliphatic carbocycles. The van der Waals surface area contributed by atoms with Crippen LogP contribution in [0.2, 0.25) is 0 Å². The number of rotatable bonds is 5. The number of halogens is 1. The first-order valence-corrected chi connectivity index (χ1v) is 10.00. The standard InChI is InChI=1S/C21H23FN2O3S/c1-15(28-19-9-7-18(27-2)8-10-19)20(25)23-11-13-24(14-12-23)21(26)16-3-5-17(22)6-4-16/h3-10,15H,11-14H2,1-2H3. The van der Waals surface area contributed by atoms with Gasteiger partial charge in [-0.1, -0.05) is 0 Å². The lowest BCUT2D eigenvalue weighted by molar-refractivity contribution is -0.131. The van der Waals surface area contributed by atoms with Crippen molar-refractivity contribution in [2.24, 2.45) is 0 Å². The van der Waals surface area contributed by atoms with E-state index in [-0.39, 0.29) is 22.9 Å². The van der Waals surface area contributed by atoms with Crippen molar-refractivity contribution in [1.29, 1.82) is 0 Å². The predicted molar refractivity (Wildman–Crippen MR) is 107 cm³/mol. The fourth-order valence-electron chi connectivity index (χ4n) is 3.07. The highest BCUT2D eigenvalue weighted by Crippen LogP contribution is 2.26. The summed E-state index contributed by atoms with van der Waals surface area (Å²) in [4.78, 5) is 29.8. The topological polar surface area (TPSA) is 49.9 Å². The molecule has 148 valence electrons. The van der Waals surface area contributed by atoms with Gasteiger partial charge in [0.05, 0.1) is 12.4 Å². The molecule has 1 heterocycles. The quantitative estimate of drug-likeness (QED) is 0.720. The SMILES string of the molecule is COc1ccc(SC(C)C(=O)N2CCN(C(=O)c3ccc(F)cc3)CC2)cc1. The van der Waals surface area contributed by atoms with Gasteiger partial charge in [0.2, 0.25) is 5.91 Å². The minimum atomic E-state index is -0.365. The Balaban J connectivity index is 1.52. The first-order chi connectivity index (χ1) is 13.5. The Hall–Kier alpha value is -2.54. The molecule has 1 fully saturated rings. The van der Waals surface area contributed by atoms with Crippen molar-refractivity contribution in [2.75, 3.05) is 33.3 Å². The molecule has 2 aromatic carbocycles. The van der Waals surface area contributed by atoms with Gasteiger partial charge in [-0.25, -0.2) is 4.39 Å². The van der Waals surface area contributed by atoms with Crippen LogP contribution < -0.4 is 4.74 Å². The number of carbonyl (C=O) groups is 2. The Morgan fingerprint density at radius 2 is 1.54 bits per heavy atom. The molecule has 28 heavy (non-hydrogen) atoms. The zero-order valence-corrected chi connectivity index (χ0v) is 16.7. The molecule has 3 rings (SSSR count). The highest BCUT2D eigenvalue weighted by molar-refractivity contribution is 8.00. The number of amides is 2. The molecular weight excluding hydrogens is 379 g/mol. The van der Waals surface area contributed by atoms with Crippen molar-refractivity contribution in [3.05, 3.63) is 59.9 Å². The molecule has 0 radical (unpaired) electrons. The molecule has 1 unspecified atom stereocenters. The van der Waals surface area contributed by atoms with Crippen LogP contribution in [0.3, 0.4) is 0 Å². The smallest absolute Gasteiger partial charge is 0.253 e. The molecule has 2 amide bonds. The van der Waals surface area contributed by atoms with Gasteiger partial charge in [-0.15, -0.1) is 11.8 Å². The summed E-state index contributed by atoms with van der Waals surface area (Å²) in [7, 11) is 1.62. The van der Waals surface area contributed by atoms with Crippen LogP contribution in [0.5, 0.6) is 5.75 Å². The third kappa shape index (κ3) is 4.84. The molecule has 1 aliphatic rings. The monoisotopic (exact) mass is 402 g/mol. The lowest BCUT2D eigenvalue weighted by Crippen LogP contribution is -2.52. The molecule has 0 N–H and O–H groups in total. The molecule has 1 atom stereocenters. The summed E-state index contributed by atoms with van der Waals surface area (Å²) in [5.74, 6) is 0.350. The third-order valence-corrected chi connectivity index (χ3v) is 5.79. The third-order valence-electron chi connectivity index (χ3n) is 4.69. The van der Waals surface area contributed by atoms with Crippen LogP contribution in [-0.2, 0) is 4.79 Å². The first-order valence-electron chi connectivity index (χ1n) is 9.12. The molecular formula is C21H23FN2O3S. The van der Waals surface area contributed by atoms with Gasteiger partial charge in [0.25, 0.3) is 5.91 Å². The number of ether oxygens (including phenoxy) is 1. The second-order valence-corrected chi connectivity index (χ2v) is 7.97. The maximum absolute atomic E-state index is 13.0. The van der Waals surface area contributed by atoms with E-state index < -0.39 is 0 Å². The maximum atomic E-state index is 13.0. The van der Waals surface area contributed by atoms with Crippen molar-refractivity contribution in [2.45, 2.75) is 17.1 Å². The van der Waals surface area contributed by atoms with E-state index in [0.717, 1.165) is 10.6 Å². The second kappa shape index (κ2) is 9.10. The van der Waals surface area contributed by atoms with Crippen LogP contribution in [0, 0.1) is 5.82 Å². The highest BCUT2D eigenvalue weighted by atomic mass is 32.2. The van der Waals surface area contributed by atoms with E-state index in [9.17, 15) is 14.0 Å². The van der Waals surface area contributed by atoms with Crippen LogP contribution in [0.1, 0.15) is 17.3 Å². The molecule has 0 aromatic heterocycles. The van der Waals surface area contributed by atoms with Crippen molar-refractivity contribution >= 4 is 23.6 Å². The van der Waals surface area contributed by atoms with Crippen molar-refractivity contribution in [3.63, 3.8) is 0 Å². The van der Waals surface area contributed by atoms with E-state index in [0.29, 0.717) is 31.7 Å². The summed E-state index contributed by atoms with van der Waals surface area (Å²) >= 11 is 1.51. The minimum Gasteiger partial charge on any atom is -0.497 e. The van der Waals surface area contributed by atoms with E-state index in [2.05, 4.69) is 0 Å². The minimum absolute atomic E-state index is 0.0645. The van der Waals surface area contributed by atoms with E-state index >= 15 is 0 Å². The average Bonchev–Trinajstić information content (AvgIpc) is 2.74. The Bertz CT molecular complexity index is 819. The number of hydrogen-bond donors (Lipinski definition) is 0. The lowest BCUT2D eigenvalue weighted by atomic mass is 10.1. The van der Waals surface area contributed by atoms with Crippen LogP contribution in [0.15, 0.2) is 53.4 Å². The number of benzene rings is 2. The summed E-state index contributed by atoms with van der Waals surface area (Å²) in [5.41, 5.74) is 0.463. The number of nitrogens with zero attached hydrogens (tertiary/aromatic N) is 2. The summed E-state index contributed by atoms with van der Waals surface area (Å²) in [5, 5.41) is -0.215. The predicted octanol–water partition coefficient (Wildman–Crippen LogP) is 3.30. The number of methoxy groups -OCH3 is 1. The largest absolute Gasteiger partial charge is 0.497 e. The van der Waals surface area contributed by atoms with E-state index in [1.54, 1.807) is 16.9 Å². The van der Waals surface area contributed by atoms with Crippen LogP contribution in [0.4, 0.5) is 4.39 Å². The summed E-state index contributed by atoms with van der Waals surface area (Å²) in [6.45, 7) is 3.84. The fraction of sp³-hybridized carbons (Fsp3) is 0.333. The van der Waals surface area contributed by atoms with Gasteiger partial charge in [-0.05, 0) is 55.5 Å². The van der Waals surface area contributed by atoms with E-state index in [4.69, 9.17) is 4.74 Å². The number of hydrogen-bond acceptors (Lipinski definition) is 4. The molecule has 0 spiro atoms. The van der Waals surface area contributed by atoms with Crippen LogP contribution in [0.25, 0.3) is 0 Å². The second-order valence-electron chi connectivity index (χ2n) is 6.56. The Morgan fingerprint density at radius 3 is 2.11 bits per heavy atom. The Kier molecular flexibility index (Phi) is 6.57. The Labute approximate surface area is 168 Å². The molecule has 0 saturated carbocycles. The molecule has 7 heteroatoms. The van der Waals surface area contributed by atoms with Gasteiger partial charge >= 0.3 is 0 Å². The number of thioether (sulfide) groups is 1. The lowest BCUT2D eigenvalue weighted by Gasteiger charge is -2.36. The van der Waals surface area contributed by atoms with Crippen molar-refractivity contribution < 1.29 is 18.7 Å². The van der Waals surface area contributed by atoms with Gasteiger partial charge in [-0.2, -0.15) is 0 Å². The van der Waals surface area contributed by atoms with Crippen molar-refractivity contribution in [3.8, 4) is 5.75 Å². The van der Waals surface area contributed by atoms with Crippen LogP contribution >= 0.6 is 11.8 Å². The number of carbonyl (C=O) groups excluding carboxylic acids is 2. The van der Waals surface area contributed by atoms with E-state index in [1.807, 2.05) is 31.2 Å². The zero-order chi connectivity index (χ0) is 20.1. The summed E-state index contributed by atoms with van der Waals surface area (Å²) in [6, 6.07) is 13.2. The molecule has 1 aliphatic heterocycles. The number of piperazine rings is 1. The molecule has 2 aromatic rings. The van der Waals surface area contributed by atoms with Gasteiger partial charge in [0.15, 0.2) is 0 Å². The van der Waals surface area contributed by atoms with Crippen molar-refractivity contribution in [1.82, 2.24) is 9.80 Å². The van der Waals surface area contributed by atoms with Gasteiger partial charge in [-0.3, -0.25) is 9.59 Å². The van der Waals surface area contributed by atoms with Gasteiger partial charge in [0, 0.05) is 36.6 Å². The molecule has 5 nitrogen and oxygen atoms in total. The normalized spacial score (nSPS) is 15.2. The summed E-state index contributed by atoms with van der Waals surface area (Å²) in [6.07, 6.45) is 0.